The molecule has 4 nitrogen and oxygen atoms in total. The molecule has 17 heavy (non-hydrogen) atoms. The first-order valence-electron chi connectivity index (χ1n) is 5.31. The maximum absolute atomic E-state index is 4.49. The Labute approximate surface area is 109 Å². The summed E-state index contributed by atoms with van der Waals surface area (Å²) < 4.78 is 0.904. The van der Waals surface area contributed by atoms with Gasteiger partial charge in [-0.1, -0.05) is 0 Å². The lowest BCUT2D eigenvalue weighted by Crippen LogP contribution is -2.09. The number of rotatable bonds is 3. The van der Waals surface area contributed by atoms with Crippen molar-refractivity contribution in [1.29, 1.82) is 0 Å². The van der Waals surface area contributed by atoms with Gasteiger partial charge in [0.15, 0.2) is 5.82 Å². The zero-order chi connectivity index (χ0) is 12.3. The Balaban J connectivity index is 2.48. The number of hydrogen-bond acceptors (Lipinski definition) is 4. The molecule has 0 unspecified atom stereocenters. The number of aryl methyl sites for hydroxylation is 1. The molecule has 5 heteroatoms. The molecule has 0 aromatic carbocycles. The third-order valence-corrected chi connectivity index (χ3v) is 2.88. The number of hydrogen-bond donors (Lipinski definition) is 1. The fourth-order valence-electron chi connectivity index (χ4n) is 1.56. The van der Waals surface area contributed by atoms with Crippen LogP contribution in [0, 0.1) is 6.92 Å². The summed E-state index contributed by atoms with van der Waals surface area (Å²) in [6, 6.07) is 5.78. The number of nitrogens with one attached hydrogen (secondary N) is 1. The van der Waals surface area contributed by atoms with Crippen LogP contribution >= 0.6 is 15.9 Å². The summed E-state index contributed by atoms with van der Waals surface area (Å²) in [5.74, 6) is 0.655. The molecule has 0 aliphatic heterocycles. The van der Waals surface area contributed by atoms with Gasteiger partial charge < -0.3 is 5.32 Å². The van der Waals surface area contributed by atoms with E-state index < -0.39 is 0 Å². The summed E-state index contributed by atoms with van der Waals surface area (Å²) in [5.41, 5.74) is 2.68. The van der Waals surface area contributed by atoms with Gasteiger partial charge in [0, 0.05) is 22.9 Å². The second-order valence-electron chi connectivity index (χ2n) is 3.69. The molecule has 1 N–H and O–H groups in total. The van der Waals surface area contributed by atoms with Crippen LogP contribution < -0.4 is 5.32 Å². The Morgan fingerprint density at radius 1 is 1.35 bits per heavy atom. The van der Waals surface area contributed by atoms with Crippen molar-refractivity contribution in [3.8, 4) is 11.5 Å². The maximum Gasteiger partial charge on any atom is 0.179 e. The standard InChI is InChI=1S/C12H13BrN4/c1-8-6-9(7-14-2)17-12(16-8)11-10(13)4-3-5-15-11/h3-6,14H,7H2,1-2H3. The lowest BCUT2D eigenvalue weighted by atomic mass is 10.3. The van der Waals surface area contributed by atoms with Gasteiger partial charge in [-0.3, -0.25) is 4.98 Å². The number of halogens is 1. The van der Waals surface area contributed by atoms with E-state index >= 15 is 0 Å². The van der Waals surface area contributed by atoms with E-state index in [1.807, 2.05) is 32.2 Å². The average Bonchev–Trinajstić information content (AvgIpc) is 2.29. The molecule has 0 aliphatic carbocycles. The first kappa shape index (κ1) is 12.1. The minimum Gasteiger partial charge on any atom is -0.314 e. The van der Waals surface area contributed by atoms with Crippen LogP contribution in [0.5, 0.6) is 0 Å². The summed E-state index contributed by atoms with van der Waals surface area (Å²) in [6.45, 7) is 2.68. The predicted molar refractivity (Wildman–Crippen MR) is 70.5 cm³/mol. The molecule has 88 valence electrons. The van der Waals surface area contributed by atoms with Crippen LogP contribution in [0.2, 0.25) is 0 Å². The Morgan fingerprint density at radius 2 is 2.18 bits per heavy atom. The molecule has 0 amide bonds. The van der Waals surface area contributed by atoms with Gasteiger partial charge in [-0.25, -0.2) is 9.97 Å². The summed E-state index contributed by atoms with van der Waals surface area (Å²) in [6.07, 6.45) is 1.74. The fraction of sp³-hybridized carbons (Fsp3) is 0.250. The second kappa shape index (κ2) is 5.33. The van der Waals surface area contributed by atoms with E-state index in [1.165, 1.54) is 0 Å². The number of nitrogens with zero attached hydrogens (tertiary/aromatic N) is 3. The summed E-state index contributed by atoms with van der Waals surface area (Å²) >= 11 is 3.46. The Bertz CT molecular complexity index is 528. The predicted octanol–water partition coefficient (Wildman–Crippen LogP) is 2.33. The van der Waals surface area contributed by atoms with Gasteiger partial charge >= 0.3 is 0 Å². The number of aromatic nitrogens is 3. The van der Waals surface area contributed by atoms with Crippen molar-refractivity contribution >= 4 is 15.9 Å². The van der Waals surface area contributed by atoms with Crippen molar-refractivity contribution in [2.75, 3.05) is 7.05 Å². The summed E-state index contributed by atoms with van der Waals surface area (Å²) in [7, 11) is 1.90. The maximum atomic E-state index is 4.49. The zero-order valence-corrected chi connectivity index (χ0v) is 11.3. The average molecular weight is 293 g/mol. The molecule has 2 heterocycles. The van der Waals surface area contributed by atoms with Crippen molar-refractivity contribution in [3.63, 3.8) is 0 Å². The van der Waals surface area contributed by atoms with Crippen molar-refractivity contribution in [1.82, 2.24) is 20.3 Å². The highest BCUT2D eigenvalue weighted by Crippen LogP contribution is 2.22. The molecule has 0 atom stereocenters. The van der Waals surface area contributed by atoms with Crippen LogP contribution in [0.25, 0.3) is 11.5 Å². The van der Waals surface area contributed by atoms with E-state index in [0.717, 1.165) is 28.1 Å². The van der Waals surface area contributed by atoms with Crippen molar-refractivity contribution < 1.29 is 0 Å². The summed E-state index contributed by atoms with van der Waals surface area (Å²) in [4.78, 5) is 13.2. The Hall–Kier alpha value is -1.33. The molecule has 0 fully saturated rings. The van der Waals surface area contributed by atoms with Crippen LogP contribution in [0.1, 0.15) is 11.4 Å². The van der Waals surface area contributed by atoms with Gasteiger partial charge in [-0.05, 0) is 48.1 Å². The van der Waals surface area contributed by atoms with Gasteiger partial charge in [-0.15, -0.1) is 0 Å². The lowest BCUT2D eigenvalue weighted by molar-refractivity contribution is 0.784. The van der Waals surface area contributed by atoms with E-state index in [4.69, 9.17) is 0 Å². The van der Waals surface area contributed by atoms with Crippen LogP contribution in [0.15, 0.2) is 28.9 Å². The third-order valence-electron chi connectivity index (χ3n) is 2.24. The van der Waals surface area contributed by atoms with Crippen molar-refractivity contribution in [3.05, 3.63) is 40.3 Å². The highest BCUT2D eigenvalue weighted by Gasteiger charge is 2.09. The molecular weight excluding hydrogens is 280 g/mol. The summed E-state index contributed by atoms with van der Waals surface area (Å²) in [5, 5.41) is 3.08. The van der Waals surface area contributed by atoms with E-state index in [1.54, 1.807) is 6.20 Å². The molecule has 2 rings (SSSR count). The molecule has 2 aromatic rings. The quantitative estimate of drug-likeness (QED) is 0.943. The molecule has 0 saturated heterocycles. The molecule has 0 bridgehead atoms. The Morgan fingerprint density at radius 3 is 2.88 bits per heavy atom. The first-order chi connectivity index (χ1) is 8.20. The number of pyridine rings is 1. The topological polar surface area (TPSA) is 50.7 Å². The van der Waals surface area contributed by atoms with E-state index in [9.17, 15) is 0 Å². The largest absolute Gasteiger partial charge is 0.314 e. The zero-order valence-electron chi connectivity index (χ0n) is 9.74. The monoisotopic (exact) mass is 292 g/mol. The van der Waals surface area contributed by atoms with Gasteiger partial charge in [0.25, 0.3) is 0 Å². The van der Waals surface area contributed by atoms with Gasteiger partial charge in [-0.2, -0.15) is 0 Å². The highest BCUT2D eigenvalue weighted by molar-refractivity contribution is 9.10. The van der Waals surface area contributed by atoms with Gasteiger partial charge in [0.1, 0.15) is 5.69 Å². The van der Waals surface area contributed by atoms with Crippen LogP contribution in [0.4, 0.5) is 0 Å². The smallest absolute Gasteiger partial charge is 0.179 e. The molecule has 0 spiro atoms. The molecule has 0 aliphatic rings. The Kier molecular flexibility index (Phi) is 3.81. The fourth-order valence-corrected chi connectivity index (χ4v) is 1.99. The minimum atomic E-state index is 0.655. The normalized spacial score (nSPS) is 10.5. The third kappa shape index (κ3) is 2.87. The van der Waals surface area contributed by atoms with E-state index in [2.05, 4.69) is 36.2 Å². The van der Waals surface area contributed by atoms with Crippen LogP contribution in [0.3, 0.4) is 0 Å². The van der Waals surface area contributed by atoms with Gasteiger partial charge in [0.05, 0.1) is 5.69 Å². The lowest BCUT2D eigenvalue weighted by Gasteiger charge is -2.06. The van der Waals surface area contributed by atoms with Crippen molar-refractivity contribution in [2.24, 2.45) is 0 Å². The van der Waals surface area contributed by atoms with Crippen molar-refractivity contribution in [2.45, 2.75) is 13.5 Å². The van der Waals surface area contributed by atoms with E-state index in [-0.39, 0.29) is 0 Å². The molecular formula is C12H13BrN4. The molecule has 0 saturated carbocycles. The SMILES string of the molecule is CNCc1cc(C)nc(-c2ncccc2Br)n1. The highest BCUT2D eigenvalue weighted by atomic mass is 79.9. The van der Waals surface area contributed by atoms with Gasteiger partial charge in [0.2, 0.25) is 0 Å². The second-order valence-corrected chi connectivity index (χ2v) is 4.54. The van der Waals surface area contributed by atoms with Crippen LogP contribution in [-0.2, 0) is 6.54 Å². The first-order valence-corrected chi connectivity index (χ1v) is 6.10. The molecule has 0 radical (unpaired) electrons. The van der Waals surface area contributed by atoms with E-state index in [0.29, 0.717) is 5.82 Å². The van der Waals surface area contributed by atoms with Crippen LogP contribution in [-0.4, -0.2) is 22.0 Å². The minimum absolute atomic E-state index is 0.655. The molecule has 2 aromatic heterocycles.